The quantitative estimate of drug-likeness (QED) is 0.870. The fourth-order valence-corrected chi connectivity index (χ4v) is 3.11. The van der Waals surface area contributed by atoms with E-state index in [9.17, 15) is 13.5 Å². The van der Waals surface area contributed by atoms with E-state index in [4.69, 9.17) is 4.74 Å². The van der Waals surface area contributed by atoms with Gasteiger partial charge in [0.05, 0.1) is 11.5 Å². The summed E-state index contributed by atoms with van der Waals surface area (Å²) in [5.41, 5.74) is 1.13. The molecular weight excluding hydrogens is 228 g/mol. The van der Waals surface area contributed by atoms with Gasteiger partial charge in [0.2, 0.25) is 9.84 Å². The summed E-state index contributed by atoms with van der Waals surface area (Å²) < 4.78 is 28.6. The minimum Gasteiger partial charge on any atom is -0.508 e. The van der Waals surface area contributed by atoms with Gasteiger partial charge in [0, 0.05) is 17.6 Å². The van der Waals surface area contributed by atoms with Crippen LogP contribution in [-0.2, 0) is 14.6 Å². The summed E-state index contributed by atoms with van der Waals surface area (Å²) in [5, 5.41) is 10.5. The summed E-state index contributed by atoms with van der Waals surface area (Å²) >= 11 is 0. The lowest BCUT2D eigenvalue weighted by atomic mass is 10.1. The number of hydrogen-bond donors (Lipinski definition) is 1. The molecule has 0 amide bonds. The van der Waals surface area contributed by atoms with E-state index in [1.165, 1.54) is 23.6 Å². The fraction of sp³-hybridized carbons (Fsp3) is 0.273. The summed E-state index contributed by atoms with van der Waals surface area (Å²) in [6.45, 7) is 2.60. The van der Waals surface area contributed by atoms with Crippen LogP contribution in [0, 0.1) is 0 Å². The van der Waals surface area contributed by atoms with Gasteiger partial charge in [-0.25, -0.2) is 8.42 Å². The smallest absolute Gasteiger partial charge is 0.200 e. The Morgan fingerprint density at radius 2 is 2.12 bits per heavy atom. The third kappa shape index (κ3) is 1.83. The van der Waals surface area contributed by atoms with E-state index >= 15 is 0 Å². The molecule has 0 radical (unpaired) electrons. The molecule has 0 bridgehead atoms. The summed E-state index contributed by atoms with van der Waals surface area (Å²) in [7, 11) is -3.36. The van der Waals surface area contributed by atoms with Crippen molar-refractivity contribution < 1.29 is 18.3 Å². The summed E-state index contributed by atoms with van der Waals surface area (Å²) in [5.74, 6) is 0.0539. The number of hydrogen-bond acceptors (Lipinski definition) is 4. The van der Waals surface area contributed by atoms with Crippen LogP contribution in [0.4, 0.5) is 0 Å². The van der Waals surface area contributed by atoms with Gasteiger partial charge < -0.3 is 9.84 Å². The molecule has 1 N–H and O–H groups in total. The number of rotatable bonds is 3. The van der Waals surface area contributed by atoms with Gasteiger partial charge >= 0.3 is 0 Å². The molecule has 2 rings (SSSR count). The van der Waals surface area contributed by atoms with E-state index in [1.54, 1.807) is 0 Å². The highest BCUT2D eigenvalue weighted by molar-refractivity contribution is 7.95. The molecule has 0 saturated carbocycles. The van der Waals surface area contributed by atoms with Crippen molar-refractivity contribution in [3.63, 3.8) is 0 Å². The molecule has 0 spiro atoms. The molecule has 1 aromatic rings. The first-order valence-electron chi connectivity index (χ1n) is 4.91. The molecule has 5 heteroatoms. The van der Waals surface area contributed by atoms with E-state index in [2.05, 4.69) is 0 Å². The lowest BCUT2D eigenvalue weighted by molar-refractivity contribution is 0.182. The van der Waals surface area contributed by atoms with Gasteiger partial charge in [-0.2, -0.15) is 0 Å². The van der Waals surface area contributed by atoms with Crippen LogP contribution in [0.25, 0.3) is 5.57 Å². The zero-order valence-electron chi connectivity index (χ0n) is 8.80. The van der Waals surface area contributed by atoms with Crippen LogP contribution in [0.15, 0.2) is 28.5 Å². The van der Waals surface area contributed by atoms with Crippen molar-refractivity contribution in [3.05, 3.63) is 29.2 Å². The van der Waals surface area contributed by atoms with Gasteiger partial charge in [0.15, 0.2) is 0 Å². The standard InChI is InChI=1S/C11H12O4S/c1-2-15-6-8-7-16(13,14)11-4-3-9(12)5-10(8)11/h3-5,7,12H,2,6H2,1H3. The second-order valence-corrected chi connectivity index (χ2v) is 5.27. The number of benzene rings is 1. The molecule has 0 aromatic heterocycles. The van der Waals surface area contributed by atoms with Crippen LogP contribution in [0.5, 0.6) is 5.75 Å². The molecular formula is C11H12O4S. The Morgan fingerprint density at radius 1 is 1.38 bits per heavy atom. The lowest BCUT2D eigenvalue weighted by Crippen LogP contribution is -1.95. The maximum Gasteiger partial charge on any atom is 0.200 e. The monoisotopic (exact) mass is 240 g/mol. The minimum atomic E-state index is -3.36. The highest BCUT2D eigenvalue weighted by atomic mass is 32.2. The van der Waals surface area contributed by atoms with Crippen molar-refractivity contribution in [1.29, 1.82) is 0 Å². The molecule has 0 atom stereocenters. The number of fused-ring (bicyclic) bond motifs is 1. The summed E-state index contributed by atoms with van der Waals surface area (Å²) in [6, 6.07) is 4.23. The SMILES string of the molecule is CCOCC1=CS(=O)(=O)c2ccc(O)cc21. The topological polar surface area (TPSA) is 63.6 Å². The Hall–Kier alpha value is -1.33. The van der Waals surface area contributed by atoms with Gasteiger partial charge in [-0.05, 0) is 30.7 Å². The average Bonchev–Trinajstić information content (AvgIpc) is 2.47. The van der Waals surface area contributed by atoms with E-state index in [0.717, 1.165) is 0 Å². The van der Waals surface area contributed by atoms with Crippen LogP contribution in [0.3, 0.4) is 0 Å². The summed E-state index contributed by atoms with van der Waals surface area (Å²) in [6.07, 6.45) is 0. The van der Waals surface area contributed by atoms with Crippen LogP contribution in [-0.4, -0.2) is 26.7 Å². The van der Waals surface area contributed by atoms with Gasteiger partial charge in [0.25, 0.3) is 0 Å². The van der Waals surface area contributed by atoms with Crippen molar-refractivity contribution >= 4 is 15.4 Å². The van der Waals surface area contributed by atoms with Crippen LogP contribution >= 0.6 is 0 Å². The molecule has 0 saturated heterocycles. The average molecular weight is 240 g/mol. The second kappa shape index (κ2) is 3.92. The van der Waals surface area contributed by atoms with Crippen molar-refractivity contribution in [3.8, 4) is 5.75 Å². The van der Waals surface area contributed by atoms with Gasteiger partial charge in [-0.3, -0.25) is 0 Å². The predicted octanol–water partition coefficient (Wildman–Crippen LogP) is 1.56. The number of sulfone groups is 1. The zero-order valence-corrected chi connectivity index (χ0v) is 9.62. The van der Waals surface area contributed by atoms with E-state index in [1.807, 2.05) is 6.92 Å². The molecule has 16 heavy (non-hydrogen) atoms. The van der Waals surface area contributed by atoms with Gasteiger partial charge in [-0.15, -0.1) is 0 Å². The molecule has 1 heterocycles. The highest BCUT2D eigenvalue weighted by Gasteiger charge is 2.26. The minimum absolute atomic E-state index is 0.0539. The first-order chi connectivity index (χ1) is 7.54. The predicted molar refractivity (Wildman–Crippen MR) is 59.8 cm³/mol. The Morgan fingerprint density at radius 3 is 2.81 bits per heavy atom. The van der Waals surface area contributed by atoms with E-state index in [0.29, 0.717) is 17.7 Å². The first kappa shape index (κ1) is 11.2. The van der Waals surface area contributed by atoms with Crippen LogP contribution in [0.2, 0.25) is 0 Å². The molecule has 0 fully saturated rings. The van der Waals surface area contributed by atoms with E-state index in [-0.39, 0.29) is 17.3 Å². The van der Waals surface area contributed by atoms with Crippen molar-refractivity contribution in [1.82, 2.24) is 0 Å². The molecule has 0 aliphatic carbocycles. The zero-order chi connectivity index (χ0) is 11.8. The first-order valence-corrected chi connectivity index (χ1v) is 6.46. The van der Waals surface area contributed by atoms with Crippen molar-refractivity contribution in [2.24, 2.45) is 0 Å². The maximum atomic E-state index is 11.7. The molecule has 4 nitrogen and oxygen atoms in total. The second-order valence-electron chi connectivity index (χ2n) is 3.51. The maximum absolute atomic E-state index is 11.7. The van der Waals surface area contributed by atoms with Gasteiger partial charge in [-0.1, -0.05) is 0 Å². The number of ether oxygens (including phenoxy) is 1. The summed E-state index contributed by atoms with van der Waals surface area (Å²) in [4.78, 5) is 0.236. The Kier molecular flexibility index (Phi) is 2.73. The van der Waals surface area contributed by atoms with E-state index < -0.39 is 9.84 Å². The van der Waals surface area contributed by atoms with Gasteiger partial charge in [0.1, 0.15) is 5.75 Å². The Bertz CT molecular complexity index is 543. The molecule has 1 aromatic carbocycles. The normalized spacial score (nSPS) is 16.9. The highest BCUT2D eigenvalue weighted by Crippen LogP contribution is 2.35. The number of phenolic OH excluding ortho intramolecular Hbond substituents is 1. The number of phenols is 1. The van der Waals surface area contributed by atoms with Crippen LogP contribution in [0.1, 0.15) is 12.5 Å². The Labute approximate surface area is 94.1 Å². The number of aromatic hydroxyl groups is 1. The lowest BCUT2D eigenvalue weighted by Gasteiger charge is -2.04. The third-order valence-electron chi connectivity index (χ3n) is 2.37. The van der Waals surface area contributed by atoms with Crippen molar-refractivity contribution in [2.45, 2.75) is 11.8 Å². The fourth-order valence-electron chi connectivity index (χ4n) is 1.66. The Balaban J connectivity index is 2.49. The molecule has 0 unspecified atom stereocenters. The third-order valence-corrected chi connectivity index (χ3v) is 3.94. The molecule has 1 aliphatic heterocycles. The van der Waals surface area contributed by atoms with Crippen molar-refractivity contribution in [2.75, 3.05) is 13.2 Å². The molecule has 1 aliphatic rings. The molecule has 86 valence electrons. The largest absolute Gasteiger partial charge is 0.508 e. The van der Waals surface area contributed by atoms with Crippen LogP contribution < -0.4 is 0 Å².